The van der Waals surface area contributed by atoms with E-state index in [9.17, 15) is 4.39 Å². The van der Waals surface area contributed by atoms with Crippen molar-refractivity contribution in [2.75, 3.05) is 0 Å². The molecule has 0 spiro atoms. The molecule has 0 radical (unpaired) electrons. The van der Waals surface area contributed by atoms with Crippen LogP contribution in [0.1, 0.15) is 31.2 Å². The molecule has 2 rings (SSSR count). The maximum atomic E-state index is 12.7. The van der Waals surface area contributed by atoms with E-state index in [0.717, 1.165) is 19.3 Å². The molecule has 0 saturated carbocycles. The molecule has 1 aromatic rings. The third kappa shape index (κ3) is 3.09. The van der Waals surface area contributed by atoms with E-state index in [-0.39, 0.29) is 5.82 Å². The molecule has 0 aliphatic heterocycles. The summed E-state index contributed by atoms with van der Waals surface area (Å²) in [5.74, 6) is 6.88. The van der Waals surface area contributed by atoms with Gasteiger partial charge >= 0.3 is 0 Å². The van der Waals surface area contributed by atoms with Crippen LogP contribution in [0, 0.1) is 23.6 Å². The molecule has 0 nitrogen and oxygen atoms in total. The standard InChI is InChI=1S/C14H15F/c15-14-9-7-13(8-10-14)11-12-5-3-1-2-4-6-12/h7-10,12H,3-6,11H2. The minimum Gasteiger partial charge on any atom is -0.207 e. The normalized spacial score (nSPS) is 16.6. The van der Waals surface area contributed by atoms with E-state index in [1.165, 1.54) is 18.4 Å². The molecule has 0 aromatic heterocycles. The SMILES string of the molecule is Fc1ccc(CC2CCC#CCC2)cc1. The quantitative estimate of drug-likeness (QED) is 0.643. The number of halogens is 1. The molecule has 0 fully saturated rings. The number of hydrogen-bond donors (Lipinski definition) is 0. The van der Waals surface area contributed by atoms with E-state index in [1.807, 2.05) is 12.1 Å². The summed E-state index contributed by atoms with van der Waals surface area (Å²) in [6.07, 6.45) is 5.47. The monoisotopic (exact) mass is 202 g/mol. The number of benzene rings is 1. The fourth-order valence-corrected chi connectivity index (χ4v) is 2.03. The molecular formula is C14H15F. The number of rotatable bonds is 2. The largest absolute Gasteiger partial charge is 0.207 e. The molecule has 1 heteroatoms. The van der Waals surface area contributed by atoms with Gasteiger partial charge in [-0.1, -0.05) is 12.1 Å². The first kappa shape index (κ1) is 10.2. The lowest BCUT2D eigenvalue weighted by Crippen LogP contribution is -2.03. The third-order valence-electron chi connectivity index (χ3n) is 2.92. The van der Waals surface area contributed by atoms with Crippen molar-refractivity contribution in [3.05, 3.63) is 35.6 Å². The molecule has 0 N–H and O–H groups in total. The zero-order chi connectivity index (χ0) is 10.5. The summed E-state index contributed by atoms with van der Waals surface area (Å²) in [7, 11) is 0. The highest BCUT2D eigenvalue weighted by Crippen LogP contribution is 2.20. The highest BCUT2D eigenvalue weighted by atomic mass is 19.1. The van der Waals surface area contributed by atoms with Crippen molar-refractivity contribution in [3.63, 3.8) is 0 Å². The lowest BCUT2D eigenvalue weighted by Gasteiger charge is -2.13. The molecule has 0 saturated heterocycles. The Labute approximate surface area is 90.5 Å². The minimum absolute atomic E-state index is 0.150. The predicted octanol–water partition coefficient (Wildman–Crippen LogP) is 3.56. The van der Waals surface area contributed by atoms with Crippen molar-refractivity contribution in [1.29, 1.82) is 0 Å². The van der Waals surface area contributed by atoms with Crippen LogP contribution in [-0.4, -0.2) is 0 Å². The topological polar surface area (TPSA) is 0 Å². The summed E-state index contributed by atoms with van der Waals surface area (Å²) in [5.41, 5.74) is 1.24. The third-order valence-corrected chi connectivity index (χ3v) is 2.92. The van der Waals surface area contributed by atoms with Crippen molar-refractivity contribution in [2.45, 2.75) is 32.1 Å². The Balaban J connectivity index is 1.93. The van der Waals surface area contributed by atoms with Gasteiger partial charge in [-0.05, 0) is 42.9 Å². The summed E-state index contributed by atoms with van der Waals surface area (Å²) in [6.45, 7) is 0. The zero-order valence-electron chi connectivity index (χ0n) is 8.80. The summed E-state index contributed by atoms with van der Waals surface area (Å²) in [6, 6.07) is 6.87. The molecule has 0 atom stereocenters. The van der Waals surface area contributed by atoms with Gasteiger partial charge in [0.25, 0.3) is 0 Å². The molecular weight excluding hydrogens is 187 g/mol. The summed E-state index contributed by atoms with van der Waals surface area (Å²) >= 11 is 0. The van der Waals surface area contributed by atoms with E-state index in [0.29, 0.717) is 5.92 Å². The van der Waals surface area contributed by atoms with Crippen molar-refractivity contribution in [1.82, 2.24) is 0 Å². The molecule has 0 bridgehead atoms. The predicted molar refractivity (Wildman–Crippen MR) is 59.8 cm³/mol. The van der Waals surface area contributed by atoms with Gasteiger partial charge in [0, 0.05) is 12.8 Å². The van der Waals surface area contributed by atoms with Crippen LogP contribution in [0.2, 0.25) is 0 Å². The zero-order valence-corrected chi connectivity index (χ0v) is 8.80. The minimum atomic E-state index is -0.150. The summed E-state index contributed by atoms with van der Waals surface area (Å²) < 4.78 is 12.7. The first-order valence-electron chi connectivity index (χ1n) is 5.55. The maximum Gasteiger partial charge on any atom is 0.123 e. The van der Waals surface area contributed by atoms with Gasteiger partial charge < -0.3 is 0 Å². The van der Waals surface area contributed by atoms with Crippen LogP contribution in [0.25, 0.3) is 0 Å². The van der Waals surface area contributed by atoms with E-state index < -0.39 is 0 Å². The lowest BCUT2D eigenvalue weighted by atomic mass is 9.92. The Hall–Kier alpha value is -1.29. The van der Waals surface area contributed by atoms with Crippen LogP contribution >= 0.6 is 0 Å². The second-order valence-electron chi connectivity index (χ2n) is 4.13. The molecule has 0 amide bonds. The van der Waals surface area contributed by atoms with E-state index in [1.54, 1.807) is 12.1 Å². The first-order chi connectivity index (χ1) is 7.34. The second kappa shape index (κ2) is 4.98. The molecule has 1 aliphatic carbocycles. The van der Waals surface area contributed by atoms with Gasteiger partial charge in [-0.15, -0.1) is 11.8 Å². The summed E-state index contributed by atoms with van der Waals surface area (Å²) in [5, 5.41) is 0. The van der Waals surface area contributed by atoms with Crippen LogP contribution < -0.4 is 0 Å². The first-order valence-corrected chi connectivity index (χ1v) is 5.55. The van der Waals surface area contributed by atoms with Gasteiger partial charge in [0.15, 0.2) is 0 Å². The van der Waals surface area contributed by atoms with Crippen LogP contribution in [0.5, 0.6) is 0 Å². The Bertz CT molecular complexity index is 355. The molecule has 0 unspecified atom stereocenters. The molecule has 78 valence electrons. The molecule has 15 heavy (non-hydrogen) atoms. The van der Waals surface area contributed by atoms with Crippen molar-refractivity contribution >= 4 is 0 Å². The smallest absolute Gasteiger partial charge is 0.123 e. The lowest BCUT2D eigenvalue weighted by molar-refractivity contribution is 0.466. The van der Waals surface area contributed by atoms with Crippen LogP contribution in [0.15, 0.2) is 24.3 Å². The van der Waals surface area contributed by atoms with Crippen LogP contribution in [0.3, 0.4) is 0 Å². The Kier molecular flexibility index (Phi) is 3.40. The van der Waals surface area contributed by atoms with Crippen molar-refractivity contribution in [2.24, 2.45) is 5.92 Å². The van der Waals surface area contributed by atoms with Crippen molar-refractivity contribution < 1.29 is 4.39 Å². The van der Waals surface area contributed by atoms with E-state index in [4.69, 9.17) is 0 Å². The average molecular weight is 202 g/mol. The summed E-state index contributed by atoms with van der Waals surface area (Å²) in [4.78, 5) is 0. The molecule has 1 aliphatic rings. The van der Waals surface area contributed by atoms with Crippen molar-refractivity contribution in [3.8, 4) is 11.8 Å². The molecule has 0 heterocycles. The Morgan fingerprint density at radius 2 is 1.67 bits per heavy atom. The van der Waals surface area contributed by atoms with Gasteiger partial charge in [-0.3, -0.25) is 0 Å². The maximum absolute atomic E-state index is 12.7. The highest BCUT2D eigenvalue weighted by molar-refractivity contribution is 5.17. The Morgan fingerprint density at radius 1 is 1.07 bits per heavy atom. The van der Waals surface area contributed by atoms with Gasteiger partial charge in [-0.25, -0.2) is 4.39 Å². The molecule has 1 aromatic carbocycles. The van der Waals surface area contributed by atoms with Gasteiger partial charge in [0.05, 0.1) is 0 Å². The fraction of sp³-hybridized carbons (Fsp3) is 0.429. The van der Waals surface area contributed by atoms with Crippen LogP contribution in [0.4, 0.5) is 4.39 Å². The Morgan fingerprint density at radius 3 is 2.27 bits per heavy atom. The van der Waals surface area contributed by atoms with Gasteiger partial charge in [0.1, 0.15) is 5.82 Å². The van der Waals surface area contributed by atoms with E-state index in [2.05, 4.69) is 11.8 Å². The second-order valence-corrected chi connectivity index (χ2v) is 4.13. The average Bonchev–Trinajstić information content (AvgIpc) is 2.50. The van der Waals surface area contributed by atoms with Crippen LogP contribution in [-0.2, 0) is 6.42 Å². The van der Waals surface area contributed by atoms with E-state index >= 15 is 0 Å². The van der Waals surface area contributed by atoms with Gasteiger partial charge in [-0.2, -0.15) is 0 Å². The van der Waals surface area contributed by atoms with Gasteiger partial charge in [0.2, 0.25) is 0 Å². The number of hydrogen-bond acceptors (Lipinski definition) is 0. The highest BCUT2D eigenvalue weighted by Gasteiger charge is 2.10. The fourth-order valence-electron chi connectivity index (χ4n) is 2.03.